The Morgan fingerprint density at radius 3 is 2.15 bits per heavy atom. The molecule has 0 saturated heterocycles. The van der Waals surface area contributed by atoms with Gasteiger partial charge in [-0.15, -0.1) is 0 Å². The molecule has 0 fully saturated rings. The topological polar surface area (TPSA) is 96.0 Å². The Bertz CT molecular complexity index is 1740. The number of carbonyl (C=O) groups is 2. The van der Waals surface area contributed by atoms with Gasteiger partial charge in [-0.2, -0.15) is 0 Å². The van der Waals surface area contributed by atoms with Crippen molar-refractivity contribution in [3.8, 4) is 5.75 Å². The van der Waals surface area contributed by atoms with E-state index in [-0.39, 0.29) is 35.4 Å². The van der Waals surface area contributed by atoms with Gasteiger partial charge in [-0.05, 0) is 78.6 Å². The van der Waals surface area contributed by atoms with E-state index in [4.69, 9.17) is 16.3 Å². The summed E-state index contributed by atoms with van der Waals surface area (Å²) < 4.78 is 35.8. The van der Waals surface area contributed by atoms with E-state index < -0.39 is 28.5 Å². The van der Waals surface area contributed by atoms with Gasteiger partial charge in [-0.3, -0.25) is 13.9 Å². The SMILES string of the molecule is CCOc1ccc(N(CC(=O)N(Cc2ccccc2Cl)[C@H](Cc2ccccc2)C(=O)NCC(C)C)S(=O)(=O)c2ccc(Br)cc2)cc1. The predicted molar refractivity (Wildman–Crippen MR) is 190 cm³/mol. The largest absolute Gasteiger partial charge is 0.494 e. The van der Waals surface area contributed by atoms with Crippen LogP contribution >= 0.6 is 27.5 Å². The van der Waals surface area contributed by atoms with Gasteiger partial charge in [-0.1, -0.05) is 89.9 Å². The second-order valence-electron chi connectivity index (χ2n) is 11.4. The maximum absolute atomic E-state index is 14.6. The average molecular weight is 741 g/mol. The molecule has 1 N–H and O–H groups in total. The number of sulfonamides is 1. The standard InChI is InChI=1S/C36H39BrClN3O5S/c1-4-46-31-18-16-30(17-19-31)41(47(44,45)32-20-14-29(37)15-21-32)25-35(42)40(24-28-12-8-9-13-33(28)38)34(36(43)39-23-26(2)3)22-27-10-6-5-7-11-27/h5-21,26,34H,4,22-25H2,1-3H3,(H,39,43)/t34-/m1/s1. The number of hydrogen-bond donors (Lipinski definition) is 1. The molecule has 0 aliphatic heterocycles. The lowest BCUT2D eigenvalue weighted by atomic mass is 10.0. The lowest BCUT2D eigenvalue weighted by Gasteiger charge is -2.34. The van der Waals surface area contributed by atoms with Crippen molar-refractivity contribution in [3.05, 3.63) is 124 Å². The summed E-state index contributed by atoms with van der Waals surface area (Å²) in [6.07, 6.45) is 0.212. The molecule has 4 aromatic rings. The van der Waals surface area contributed by atoms with E-state index in [2.05, 4.69) is 21.2 Å². The van der Waals surface area contributed by atoms with Crippen molar-refractivity contribution in [2.24, 2.45) is 5.92 Å². The predicted octanol–water partition coefficient (Wildman–Crippen LogP) is 7.11. The number of nitrogens with one attached hydrogen (secondary N) is 1. The summed E-state index contributed by atoms with van der Waals surface area (Å²) in [4.78, 5) is 29.9. The summed E-state index contributed by atoms with van der Waals surface area (Å²) in [5.74, 6) is -0.171. The number of hydrogen-bond acceptors (Lipinski definition) is 5. The molecule has 8 nitrogen and oxygen atoms in total. The number of rotatable bonds is 15. The smallest absolute Gasteiger partial charge is 0.264 e. The molecule has 1 atom stereocenters. The minimum Gasteiger partial charge on any atom is -0.494 e. The van der Waals surface area contributed by atoms with E-state index in [1.54, 1.807) is 60.7 Å². The van der Waals surface area contributed by atoms with Gasteiger partial charge in [0, 0.05) is 29.0 Å². The van der Waals surface area contributed by atoms with Crippen LogP contribution in [0.25, 0.3) is 0 Å². The fourth-order valence-electron chi connectivity index (χ4n) is 4.92. The average Bonchev–Trinajstić information content (AvgIpc) is 3.06. The molecule has 11 heteroatoms. The third kappa shape index (κ3) is 9.82. The summed E-state index contributed by atoms with van der Waals surface area (Å²) in [7, 11) is -4.23. The van der Waals surface area contributed by atoms with E-state index in [0.717, 1.165) is 9.87 Å². The first-order valence-electron chi connectivity index (χ1n) is 15.3. The van der Waals surface area contributed by atoms with E-state index in [9.17, 15) is 18.0 Å². The number of carbonyl (C=O) groups excluding carboxylic acids is 2. The van der Waals surface area contributed by atoms with Crippen molar-refractivity contribution in [2.45, 2.75) is 44.7 Å². The molecule has 0 aliphatic rings. The van der Waals surface area contributed by atoms with E-state index in [1.807, 2.05) is 51.1 Å². The number of halogens is 2. The first-order valence-corrected chi connectivity index (χ1v) is 18.0. The van der Waals surface area contributed by atoms with Crippen molar-refractivity contribution in [1.82, 2.24) is 10.2 Å². The van der Waals surface area contributed by atoms with Crippen LogP contribution in [0, 0.1) is 5.92 Å². The fourth-order valence-corrected chi connectivity index (χ4v) is 6.80. The summed E-state index contributed by atoms with van der Waals surface area (Å²) in [5, 5.41) is 3.41. The van der Waals surface area contributed by atoms with Gasteiger partial charge in [0.2, 0.25) is 11.8 Å². The molecule has 4 rings (SSSR count). The Morgan fingerprint density at radius 1 is 0.894 bits per heavy atom. The van der Waals surface area contributed by atoms with Crippen LogP contribution in [0.3, 0.4) is 0 Å². The van der Waals surface area contributed by atoms with Gasteiger partial charge in [-0.25, -0.2) is 8.42 Å². The van der Waals surface area contributed by atoms with Crippen molar-refractivity contribution < 1.29 is 22.7 Å². The number of benzene rings is 4. The number of amides is 2. The van der Waals surface area contributed by atoms with Crippen LogP contribution in [0.2, 0.25) is 5.02 Å². The highest BCUT2D eigenvalue weighted by atomic mass is 79.9. The highest BCUT2D eigenvalue weighted by Crippen LogP contribution is 2.28. The van der Waals surface area contributed by atoms with Crippen molar-refractivity contribution in [1.29, 1.82) is 0 Å². The molecule has 2 amide bonds. The maximum Gasteiger partial charge on any atom is 0.264 e. The molecular formula is C36H39BrClN3O5S. The van der Waals surface area contributed by atoms with Gasteiger partial charge in [0.1, 0.15) is 18.3 Å². The molecule has 248 valence electrons. The summed E-state index contributed by atoms with van der Waals surface area (Å²) >= 11 is 9.93. The van der Waals surface area contributed by atoms with Gasteiger partial charge in [0.15, 0.2) is 0 Å². The van der Waals surface area contributed by atoms with Gasteiger partial charge >= 0.3 is 0 Å². The van der Waals surface area contributed by atoms with Crippen molar-refractivity contribution in [2.75, 3.05) is 24.0 Å². The van der Waals surface area contributed by atoms with Crippen LogP contribution in [0.1, 0.15) is 31.9 Å². The molecule has 0 spiro atoms. The Balaban J connectivity index is 1.80. The minimum absolute atomic E-state index is 0.00977. The highest BCUT2D eigenvalue weighted by molar-refractivity contribution is 9.10. The van der Waals surface area contributed by atoms with Crippen LogP contribution < -0.4 is 14.4 Å². The minimum atomic E-state index is -4.23. The fraction of sp³-hybridized carbons (Fsp3) is 0.278. The Morgan fingerprint density at radius 2 is 1.53 bits per heavy atom. The molecule has 0 heterocycles. The number of ether oxygens (including phenoxy) is 1. The van der Waals surface area contributed by atoms with Crippen LogP contribution in [0.4, 0.5) is 5.69 Å². The van der Waals surface area contributed by atoms with Crippen molar-refractivity contribution >= 4 is 55.1 Å². The zero-order valence-corrected chi connectivity index (χ0v) is 29.8. The molecule has 47 heavy (non-hydrogen) atoms. The lowest BCUT2D eigenvalue weighted by Crippen LogP contribution is -2.53. The Kier molecular flexibility index (Phi) is 12.9. The second-order valence-corrected chi connectivity index (χ2v) is 14.5. The Labute approximate surface area is 290 Å². The lowest BCUT2D eigenvalue weighted by molar-refractivity contribution is -0.140. The Hall–Kier alpha value is -3.86. The zero-order chi connectivity index (χ0) is 34.0. The van der Waals surface area contributed by atoms with Gasteiger partial charge in [0.25, 0.3) is 10.0 Å². The second kappa shape index (κ2) is 16.8. The van der Waals surface area contributed by atoms with Crippen LogP contribution in [-0.2, 0) is 32.6 Å². The maximum atomic E-state index is 14.6. The van der Waals surface area contributed by atoms with E-state index in [1.165, 1.54) is 17.0 Å². The van der Waals surface area contributed by atoms with Crippen LogP contribution in [0.5, 0.6) is 5.75 Å². The van der Waals surface area contributed by atoms with Crippen LogP contribution in [0.15, 0.2) is 112 Å². The van der Waals surface area contributed by atoms with E-state index in [0.29, 0.717) is 34.0 Å². The molecule has 0 unspecified atom stereocenters. The van der Waals surface area contributed by atoms with Gasteiger partial charge < -0.3 is 15.0 Å². The summed E-state index contributed by atoms with van der Waals surface area (Å²) in [5.41, 5.74) is 1.74. The monoisotopic (exact) mass is 739 g/mol. The number of nitrogens with zero attached hydrogens (tertiary/aromatic N) is 2. The summed E-state index contributed by atoms with van der Waals surface area (Å²) in [6, 6.07) is 28.3. The first-order chi connectivity index (χ1) is 22.5. The van der Waals surface area contributed by atoms with E-state index >= 15 is 0 Å². The number of anilines is 1. The molecule has 0 bridgehead atoms. The van der Waals surface area contributed by atoms with Gasteiger partial charge in [0.05, 0.1) is 17.2 Å². The third-order valence-electron chi connectivity index (χ3n) is 7.37. The summed E-state index contributed by atoms with van der Waals surface area (Å²) in [6.45, 7) is 6.10. The molecular weight excluding hydrogens is 702 g/mol. The molecule has 0 saturated carbocycles. The van der Waals surface area contributed by atoms with Crippen molar-refractivity contribution in [3.63, 3.8) is 0 Å². The molecule has 4 aromatic carbocycles. The van der Waals surface area contributed by atoms with Crippen LogP contribution in [-0.4, -0.2) is 50.9 Å². The normalized spacial score (nSPS) is 12.0. The molecule has 0 aliphatic carbocycles. The first kappa shape index (κ1) is 36.0. The molecule has 0 radical (unpaired) electrons. The molecule has 0 aromatic heterocycles. The zero-order valence-electron chi connectivity index (χ0n) is 26.6. The third-order valence-corrected chi connectivity index (χ3v) is 10.1. The highest BCUT2D eigenvalue weighted by Gasteiger charge is 2.35. The quantitative estimate of drug-likeness (QED) is 0.140.